The van der Waals surface area contributed by atoms with Gasteiger partial charge < -0.3 is 9.52 Å². The van der Waals surface area contributed by atoms with Crippen LogP contribution < -0.4 is 0 Å². The summed E-state index contributed by atoms with van der Waals surface area (Å²) in [6, 6.07) is 1.51. The molecule has 8 nitrogen and oxygen atoms in total. The van der Waals surface area contributed by atoms with Gasteiger partial charge in [0.05, 0.1) is 11.2 Å². The quantitative estimate of drug-likeness (QED) is 0.307. The third kappa shape index (κ3) is 4.10. The number of rotatable bonds is 7. The molecule has 140 valence electrons. The lowest BCUT2D eigenvalue weighted by atomic mass is 10.1. The molecule has 0 unspecified atom stereocenters. The Morgan fingerprint density at radius 2 is 2.19 bits per heavy atom. The lowest BCUT2D eigenvalue weighted by Gasteiger charge is -2.13. The molecule has 1 aliphatic rings. The van der Waals surface area contributed by atoms with Crippen molar-refractivity contribution in [3.8, 4) is 11.1 Å². The molecular weight excluding hydrogens is 412 g/mol. The van der Waals surface area contributed by atoms with E-state index < -0.39 is 10.9 Å². The number of thiocarbonyl (C=S) groups is 1. The summed E-state index contributed by atoms with van der Waals surface area (Å²) in [4.78, 5) is 35.5. The Labute approximate surface area is 166 Å². The van der Waals surface area contributed by atoms with Gasteiger partial charge in [-0.3, -0.25) is 24.6 Å². The van der Waals surface area contributed by atoms with Crippen molar-refractivity contribution in [1.29, 1.82) is 0 Å². The van der Waals surface area contributed by atoms with E-state index in [0.29, 0.717) is 32.3 Å². The number of nitrogens with zero attached hydrogens (tertiary/aromatic N) is 2. The van der Waals surface area contributed by atoms with E-state index in [1.54, 1.807) is 16.8 Å². The van der Waals surface area contributed by atoms with Gasteiger partial charge in [0.1, 0.15) is 14.8 Å². The van der Waals surface area contributed by atoms with Gasteiger partial charge >= 0.3 is 11.9 Å². The first-order valence-electron chi connectivity index (χ1n) is 7.64. The van der Waals surface area contributed by atoms with Gasteiger partial charge in [0, 0.05) is 18.5 Å². The number of hydrogen-bond acceptors (Lipinski definition) is 8. The summed E-state index contributed by atoms with van der Waals surface area (Å²) in [6.45, 7) is 0.234. The van der Waals surface area contributed by atoms with Crippen molar-refractivity contribution >= 4 is 63.5 Å². The minimum atomic E-state index is -0.930. The van der Waals surface area contributed by atoms with Crippen molar-refractivity contribution in [3.05, 3.63) is 43.7 Å². The van der Waals surface area contributed by atoms with Gasteiger partial charge in [-0.15, -0.1) is 0 Å². The predicted octanol–water partition coefficient (Wildman–Crippen LogP) is 3.98. The topological polar surface area (TPSA) is 114 Å². The van der Waals surface area contributed by atoms with Crippen LogP contribution in [0.3, 0.4) is 0 Å². The summed E-state index contributed by atoms with van der Waals surface area (Å²) in [7, 11) is 0. The number of carboxylic acid groups (broad SMARTS) is 1. The summed E-state index contributed by atoms with van der Waals surface area (Å²) >= 11 is 7.69. The highest BCUT2D eigenvalue weighted by atomic mass is 32.2. The Kier molecular flexibility index (Phi) is 5.73. The van der Waals surface area contributed by atoms with E-state index in [4.69, 9.17) is 21.7 Å². The SMILES string of the molecule is O=C(O)CCCN1C(=O)/C(=C/c2cscc2-c2ccoc2[N+](=O)[O-])SC1=S. The van der Waals surface area contributed by atoms with E-state index in [2.05, 4.69) is 0 Å². The average molecular weight is 424 g/mol. The van der Waals surface area contributed by atoms with Gasteiger partial charge in [-0.1, -0.05) is 24.0 Å². The Balaban J connectivity index is 1.84. The Morgan fingerprint density at radius 1 is 1.41 bits per heavy atom. The Hall–Kier alpha value is -2.50. The van der Waals surface area contributed by atoms with Gasteiger partial charge in [0.2, 0.25) is 0 Å². The lowest BCUT2D eigenvalue weighted by Crippen LogP contribution is -2.29. The lowest BCUT2D eigenvalue weighted by molar-refractivity contribution is -0.401. The fourth-order valence-corrected chi connectivity index (χ4v) is 4.62. The van der Waals surface area contributed by atoms with Crippen LogP contribution in [0.25, 0.3) is 17.2 Å². The van der Waals surface area contributed by atoms with E-state index in [1.165, 1.54) is 28.6 Å². The van der Waals surface area contributed by atoms with E-state index in [1.807, 2.05) is 0 Å². The van der Waals surface area contributed by atoms with Gasteiger partial charge in [0.15, 0.2) is 0 Å². The van der Waals surface area contributed by atoms with Crippen molar-refractivity contribution in [2.24, 2.45) is 0 Å². The molecule has 2 aromatic heterocycles. The highest BCUT2D eigenvalue weighted by molar-refractivity contribution is 8.26. The van der Waals surface area contributed by atoms with Gasteiger partial charge in [0.25, 0.3) is 5.91 Å². The molecule has 0 aromatic carbocycles. The normalized spacial score (nSPS) is 15.7. The first-order chi connectivity index (χ1) is 12.9. The standard InChI is InChI=1S/C16H12N2O6S3/c19-13(20)2-1-4-17-14(21)12(27-16(17)25)6-9-7-26-8-11(9)10-3-5-24-15(10)18(22)23/h3,5-8H,1-2,4H2,(H,19,20)/b12-6-. The third-order valence-corrected chi connectivity index (χ3v) is 5.86. The molecule has 27 heavy (non-hydrogen) atoms. The number of carbonyl (C=O) groups is 2. The molecule has 0 radical (unpaired) electrons. The zero-order valence-corrected chi connectivity index (χ0v) is 16.1. The van der Waals surface area contributed by atoms with Crippen LogP contribution in [0, 0.1) is 10.1 Å². The molecule has 3 heterocycles. The minimum absolute atomic E-state index is 0.0467. The maximum absolute atomic E-state index is 12.6. The maximum atomic E-state index is 12.6. The Morgan fingerprint density at radius 3 is 2.89 bits per heavy atom. The van der Waals surface area contributed by atoms with Crippen LogP contribution in [0.4, 0.5) is 5.88 Å². The first kappa shape index (κ1) is 19.3. The number of furan rings is 1. The number of aliphatic carboxylic acids is 1. The number of hydrogen-bond donors (Lipinski definition) is 1. The molecule has 0 spiro atoms. The number of thiophene rings is 1. The van der Waals surface area contributed by atoms with Crippen molar-refractivity contribution in [3.63, 3.8) is 0 Å². The smallest absolute Gasteiger partial charge is 0.440 e. The van der Waals surface area contributed by atoms with E-state index in [0.717, 1.165) is 11.8 Å². The number of carbonyl (C=O) groups excluding carboxylic acids is 1. The van der Waals surface area contributed by atoms with Crippen molar-refractivity contribution in [1.82, 2.24) is 4.90 Å². The highest BCUT2D eigenvalue weighted by Gasteiger charge is 2.32. The maximum Gasteiger partial charge on any atom is 0.440 e. The van der Waals surface area contributed by atoms with Gasteiger partial charge in [-0.2, -0.15) is 11.3 Å². The molecule has 0 atom stereocenters. The second-order valence-electron chi connectivity index (χ2n) is 5.47. The number of carboxylic acids is 1. The molecule has 2 aromatic rings. The summed E-state index contributed by atoms with van der Waals surface area (Å²) in [6.07, 6.45) is 3.14. The predicted molar refractivity (Wildman–Crippen MR) is 105 cm³/mol. The monoisotopic (exact) mass is 424 g/mol. The molecule has 1 aliphatic heterocycles. The van der Waals surface area contributed by atoms with E-state index >= 15 is 0 Å². The highest BCUT2D eigenvalue weighted by Crippen LogP contribution is 2.39. The second kappa shape index (κ2) is 8.03. The van der Waals surface area contributed by atoms with E-state index in [9.17, 15) is 19.7 Å². The molecule has 0 aliphatic carbocycles. The fourth-order valence-electron chi connectivity index (χ4n) is 2.51. The molecule has 11 heteroatoms. The summed E-state index contributed by atoms with van der Waals surface area (Å²) in [5, 5.41) is 23.3. The number of thioether (sulfide) groups is 1. The number of nitro groups is 1. The molecule has 0 bridgehead atoms. The van der Waals surface area contributed by atoms with Crippen molar-refractivity contribution < 1.29 is 24.0 Å². The van der Waals surface area contributed by atoms with Gasteiger partial charge in [-0.25, -0.2) is 0 Å². The molecule has 1 N–H and O–H groups in total. The summed E-state index contributed by atoms with van der Waals surface area (Å²) < 4.78 is 5.29. The number of amides is 1. The molecule has 1 saturated heterocycles. The van der Waals surface area contributed by atoms with Gasteiger partial charge in [-0.05, 0) is 34.9 Å². The summed E-state index contributed by atoms with van der Waals surface area (Å²) in [5.41, 5.74) is 1.58. The zero-order chi connectivity index (χ0) is 19.6. The van der Waals surface area contributed by atoms with Crippen LogP contribution >= 0.6 is 35.3 Å². The van der Waals surface area contributed by atoms with Crippen LogP contribution in [0.2, 0.25) is 0 Å². The zero-order valence-electron chi connectivity index (χ0n) is 13.6. The summed E-state index contributed by atoms with van der Waals surface area (Å²) in [5.74, 6) is -1.58. The molecule has 0 saturated carbocycles. The Bertz CT molecular complexity index is 961. The molecule has 1 amide bonds. The van der Waals surface area contributed by atoms with E-state index in [-0.39, 0.29) is 24.8 Å². The fraction of sp³-hybridized carbons (Fsp3) is 0.188. The second-order valence-corrected chi connectivity index (χ2v) is 7.89. The van der Waals surface area contributed by atoms with Crippen molar-refractivity contribution in [2.45, 2.75) is 12.8 Å². The largest absolute Gasteiger partial charge is 0.481 e. The van der Waals surface area contributed by atoms with Crippen molar-refractivity contribution in [2.75, 3.05) is 6.54 Å². The van der Waals surface area contributed by atoms with Crippen LogP contribution in [-0.2, 0) is 9.59 Å². The van der Waals surface area contributed by atoms with Crippen LogP contribution in [0.15, 0.2) is 32.4 Å². The molecular formula is C16H12N2O6S3. The van der Waals surface area contributed by atoms with Crippen LogP contribution in [-0.4, -0.2) is 37.7 Å². The average Bonchev–Trinajstić information content (AvgIpc) is 3.30. The molecule has 1 fully saturated rings. The molecule has 3 rings (SSSR count). The first-order valence-corrected chi connectivity index (χ1v) is 9.81. The minimum Gasteiger partial charge on any atom is -0.481 e. The van der Waals surface area contributed by atoms with Crippen LogP contribution in [0.1, 0.15) is 18.4 Å². The third-order valence-electron chi connectivity index (χ3n) is 3.73. The van der Waals surface area contributed by atoms with Crippen LogP contribution in [0.5, 0.6) is 0 Å².